The van der Waals surface area contributed by atoms with Crippen LogP contribution in [0.1, 0.15) is 32.3 Å². The van der Waals surface area contributed by atoms with Gasteiger partial charge in [-0.1, -0.05) is 31.5 Å². The van der Waals surface area contributed by atoms with Crippen LogP contribution in [0.2, 0.25) is 0 Å². The molecule has 0 radical (unpaired) electrons. The number of nitrogens with one attached hydrogen (secondary N) is 2. The monoisotopic (exact) mass is 292 g/mol. The molecule has 116 valence electrons. The zero-order valence-electron chi connectivity index (χ0n) is 12.7. The van der Waals surface area contributed by atoms with Crippen molar-refractivity contribution in [3.05, 3.63) is 29.8 Å². The maximum atomic E-state index is 11.9. The maximum absolute atomic E-state index is 11.9. The Morgan fingerprint density at radius 2 is 2.24 bits per heavy atom. The van der Waals surface area contributed by atoms with Gasteiger partial charge in [-0.15, -0.1) is 0 Å². The number of urea groups is 1. The van der Waals surface area contributed by atoms with Crippen molar-refractivity contribution in [2.45, 2.75) is 44.8 Å². The van der Waals surface area contributed by atoms with Crippen molar-refractivity contribution in [3.8, 4) is 5.75 Å². The molecule has 1 aliphatic heterocycles. The molecule has 1 heterocycles. The van der Waals surface area contributed by atoms with Crippen LogP contribution in [-0.2, 0) is 6.42 Å². The fourth-order valence-corrected chi connectivity index (χ4v) is 2.63. The summed E-state index contributed by atoms with van der Waals surface area (Å²) in [4.78, 5) is 11.9. The van der Waals surface area contributed by atoms with E-state index in [2.05, 4.69) is 10.6 Å². The second-order valence-corrected chi connectivity index (χ2v) is 5.86. The molecule has 0 bridgehead atoms. The number of aliphatic hydroxyl groups is 1. The highest BCUT2D eigenvalue weighted by molar-refractivity contribution is 5.74. The quantitative estimate of drug-likeness (QED) is 0.749. The Labute approximate surface area is 125 Å². The molecule has 0 aliphatic carbocycles. The molecule has 2 rings (SSSR count). The van der Waals surface area contributed by atoms with Crippen LogP contribution in [0.25, 0.3) is 0 Å². The van der Waals surface area contributed by atoms with Crippen LogP contribution in [-0.4, -0.2) is 35.9 Å². The number of benzene rings is 1. The molecule has 1 aromatic rings. The van der Waals surface area contributed by atoms with Crippen molar-refractivity contribution in [1.82, 2.24) is 10.6 Å². The molecule has 5 nitrogen and oxygen atoms in total. The molecule has 1 aromatic carbocycles. The number of aliphatic hydroxyl groups excluding tert-OH is 1. The van der Waals surface area contributed by atoms with E-state index in [1.807, 2.05) is 38.1 Å². The van der Waals surface area contributed by atoms with E-state index < -0.39 is 5.54 Å². The normalized spacial score (nSPS) is 19.3. The van der Waals surface area contributed by atoms with Gasteiger partial charge in [0.05, 0.1) is 18.7 Å². The molecule has 2 amide bonds. The summed E-state index contributed by atoms with van der Waals surface area (Å²) in [6.45, 7) is 4.25. The minimum atomic E-state index is -0.571. The first-order chi connectivity index (χ1) is 10.1. The zero-order chi connectivity index (χ0) is 15.3. The van der Waals surface area contributed by atoms with Gasteiger partial charge in [-0.3, -0.25) is 0 Å². The average Bonchev–Trinajstić information content (AvgIpc) is 2.88. The van der Waals surface area contributed by atoms with E-state index in [-0.39, 0.29) is 18.7 Å². The lowest BCUT2D eigenvalue weighted by atomic mass is 9.98. The number of fused-ring (bicyclic) bond motifs is 1. The highest BCUT2D eigenvalue weighted by atomic mass is 16.5. The largest absolute Gasteiger partial charge is 0.488 e. The van der Waals surface area contributed by atoms with Crippen molar-refractivity contribution >= 4 is 6.03 Å². The van der Waals surface area contributed by atoms with E-state index in [4.69, 9.17) is 4.74 Å². The highest BCUT2D eigenvalue weighted by Gasteiger charge is 2.26. The molecule has 3 N–H and O–H groups in total. The molecule has 21 heavy (non-hydrogen) atoms. The third-order valence-corrected chi connectivity index (χ3v) is 3.77. The predicted molar refractivity (Wildman–Crippen MR) is 81.5 cm³/mol. The second-order valence-electron chi connectivity index (χ2n) is 5.86. The molecule has 0 spiro atoms. The summed E-state index contributed by atoms with van der Waals surface area (Å²) in [5.41, 5.74) is 0.606. The summed E-state index contributed by atoms with van der Waals surface area (Å²) in [5.74, 6) is 0.899. The smallest absolute Gasteiger partial charge is 0.315 e. The zero-order valence-corrected chi connectivity index (χ0v) is 12.7. The number of carbonyl (C=O) groups excluding carboxylic acids is 1. The second kappa shape index (κ2) is 6.80. The first-order valence-corrected chi connectivity index (χ1v) is 7.48. The molecule has 5 heteroatoms. The molecule has 0 aromatic heterocycles. The third-order valence-electron chi connectivity index (χ3n) is 3.77. The van der Waals surface area contributed by atoms with Gasteiger partial charge in [0.2, 0.25) is 0 Å². The van der Waals surface area contributed by atoms with Crippen LogP contribution < -0.4 is 15.4 Å². The van der Waals surface area contributed by atoms with E-state index in [1.54, 1.807) is 0 Å². The van der Waals surface area contributed by atoms with Crippen LogP contribution in [0.15, 0.2) is 24.3 Å². The Hall–Kier alpha value is -1.75. The SMILES string of the molecule is CCCC(C)(CO)NC(=O)NCC1Cc2ccccc2O1. The van der Waals surface area contributed by atoms with Crippen LogP contribution in [0.5, 0.6) is 5.75 Å². The van der Waals surface area contributed by atoms with E-state index in [9.17, 15) is 9.90 Å². The lowest BCUT2D eigenvalue weighted by Gasteiger charge is -2.28. The number of para-hydroxylation sites is 1. The molecular weight excluding hydrogens is 268 g/mol. The van der Waals surface area contributed by atoms with Crippen molar-refractivity contribution in [2.75, 3.05) is 13.2 Å². The summed E-state index contributed by atoms with van der Waals surface area (Å²) in [5, 5.41) is 15.1. The molecule has 0 saturated carbocycles. The minimum Gasteiger partial charge on any atom is -0.488 e. The summed E-state index contributed by atoms with van der Waals surface area (Å²) in [6.07, 6.45) is 2.42. The highest BCUT2D eigenvalue weighted by Crippen LogP contribution is 2.27. The Balaban J connectivity index is 1.78. The fourth-order valence-electron chi connectivity index (χ4n) is 2.63. The van der Waals surface area contributed by atoms with Crippen molar-refractivity contribution < 1.29 is 14.6 Å². The van der Waals surface area contributed by atoms with E-state index >= 15 is 0 Å². The summed E-state index contributed by atoms with van der Waals surface area (Å²) in [7, 11) is 0. The lowest BCUT2D eigenvalue weighted by molar-refractivity contribution is 0.160. The van der Waals surface area contributed by atoms with E-state index in [0.29, 0.717) is 6.54 Å². The van der Waals surface area contributed by atoms with Crippen molar-refractivity contribution in [2.24, 2.45) is 0 Å². The summed E-state index contributed by atoms with van der Waals surface area (Å²) < 4.78 is 5.77. The number of rotatable bonds is 6. The van der Waals surface area contributed by atoms with Gasteiger partial charge in [-0.25, -0.2) is 4.79 Å². The predicted octanol–water partition coefficient (Wildman–Crippen LogP) is 1.84. The van der Waals surface area contributed by atoms with Gasteiger partial charge in [-0.2, -0.15) is 0 Å². The Morgan fingerprint density at radius 3 is 2.90 bits per heavy atom. The van der Waals surface area contributed by atoms with Crippen molar-refractivity contribution in [3.63, 3.8) is 0 Å². The number of hydrogen-bond acceptors (Lipinski definition) is 3. The van der Waals surface area contributed by atoms with E-state index in [1.165, 1.54) is 5.56 Å². The third kappa shape index (κ3) is 4.11. The van der Waals surface area contributed by atoms with Gasteiger partial charge in [0.15, 0.2) is 0 Å². The lowest BCUT2D eigenvalue weighted by Crippen LogP contribution is -2.53. The summed E-state index contributed by atoms with van der Waals surface area (Å²) >= 11 is 0. The Morgan fingerprint density at radius 1 is 1.48 bits per heavy atom. The van der Waals surface area contributed by atoms with Gasteiger partial charge in [0.1, 0.15) is 11.9 Å². The maximum Gasteiger partial charge on any atom is 0.315 e. The van der Waals surface area contributed by atoms with E-state index in [0.717, 1.165) is 25.0 Å². The Bertz CT molecular complexity index is 467. The summed E-state index contributed by atoms with van der Waals surface area (Å²) in [6, 6.07) is 7.65. The first-order valence-electron chi connectivity index (χ1n) is 7.48. The van der Waals surface area contributed by atoms with Gasteiger partial charge >= 0.3 is 6.03 Å². The molecular formula is C16H24N2O3. The number of carbonyl (C=O) groups is 1. The number of ether oxygens (including phenoxy) is 1. The molecule has 2 unspecified atom stereocenters. The Kier molecular flexibility index (Phi) is 5.07. The average molecular weight is 292 g/mol. The molecule has 0 fully saturated rings. The van der Waals surface area contributed by atoms with Crippen molar-refractivity contribution in [1.29, 1.82) is 0 Å². The van der Waals surface area contributed by atoms with Crippen LogP contribution in [0.3, 0.4) is 0 Å². The first kappa shape index (κ1) is 15.6. The minimum absolute atomic E-state index is 0.0280. The molecule has 2 atom stereocenters. The van der Waals surface area contributed by atoms with Crippen LogP contribution in [0.4, 0.5) is 4.79 Å². The number of hydrogen-bond donors (Lipinski definition) is 3. The molecule has 1 aliphatic rings. The van der Waals surface area contributed by atoms with Crippen LogP contribution >= 0.6 is 0 Å². The standard InChI is InChI=1S/C16H24N2O3/c1-3-8-16(2,11-19)18-15(20)17-10-13-9-12-6-4-5-7-14(12)21-13/h4-7,13,19H,3,8-11H2,1-2H3,(H2,17,18,20). The van der Waals surface area contributed by atoms with Crippen LogP contribution in [0, 0.1) is 0 Å². The number of amides is 2. The topological polar surface area (TPSA) is 70.6 Å². The molecule has 0 saturated heterocycles. The van der Waals surface area contributed by atoms with Gasteiger partial charge in [0.25, 0.3) is 0 Å². The van der Waals surface area contributed by atoms with Gasteiger partial charge in [-0.05, 0) is 25.0 Å². The fraction of sp³-hybridized carbons (Fsp3) is 0.562. The van der Waals surface area contributed by atoms with Gasteiger partial charge < -0.3 is 20.5 Å². The van der Waals surface area contributed by atoms with Gasteiger partial charge in [0, 0.05) is 6.42 Å².